The summed E-state index contributed by atoms with van der Waals surface area (Å²) in [6, 6.07) is 8.19. The Bertz CT molecular complexity index is 353. The van der Waals surface area contributed by atoms with Gasteiger partial charge in [0.15, 0.2) is 0 Å². The lowest BCUT2D eigenvalue weighted by Gasteiger charge is -2.19. The van der Waals surface area contributed by atoms with Gasteiger partial charge in [0, 0.05) is 25.4 Å². The zero-order chi connectivity index (χ0) is 12.8. The van der Waals surface area contributed by atoms with Gasteiger partial charge in [-0.05, 0) is 43.7 Å². The Hall–Kier alpha value is -1.26. The maximum absolute atomic E-state index is 5.79. The first-order chi connectivity index (χ1) is 8.83. The van der Waals surface area contributed by atoms with E-state index in [2.05, 4.69) is 17.0 Å². The van der Waals surface area contributed by atoms with Crippen LogP contribution in [0.25, 0.3) is 0 Å². The molecule has 0 aliphatic carbocycles. The molecule has 1 aromatic rings. The van der Waals surface area contributed by atoms with Crippen molar-refractivity contribution in [2.24, 2.45) is 5.73 Å². The second kappa shape index (κ2) is 6.61. The molecule has 1 aromatic carbocycles. The molecule has 4 heteroatoms. The normalized spacial score (nSPS) is 19.2. The summed E-state index contributed by atoms with van der Waals surface area (Å²) in [6.07, 6.45) is 2.38. The zero-order valence-electron chi connectivity index (χ0n) is 11.0. The molecule has 1 saturated heterocycles. The molecule has 0 amide bonds. The molecule has 1 heterocycles. The molecule has 0 aromatic heterocycles. The Morgan fingerprint density at radius 1 is 1.33 bits per heavy atom. The summed E-state index contributed by atoms with van der Waals surface area (Å²) >= 11 is 0. The van der Waals surface area contributed by atoms with Crippen LogP contribution in [0, 0.1) is 0 Å². The Morgan fingerprint density at radius 3 is 2.78 bits per heavy atom. The molecule has 0 bridgehead atoms. The summed E-state index contributed by atoms with van der Waals surface area (Å²) in [5.41, 5.74) is 6.69. The summed E-state index contributed by atoms with van der Waals surface area (Å²) in [5.74, 6) is 0.897. The third-order valence-electron chi connectivity index (χ3n) is 3.28. The summed E-state index contributed by atoms with van der Waals surface area (Å²) in [4.78, 5) is 2.35. The van der Waals surface area contributed by atoms with Crippen LogP contribution in [0.2, 0.25) is 0 Å². The van der Waals surface area contributed by atoms with Crippen LogP contribution in [-0.2, 0) is 4.74 Å². The molecular formula is C14H22N2O2. The molecule has 1 aliphatic rings. The van der Waals surface area contributed by atoms with Gasteiger partial charge in [-0.3, -0.25) is 0 Å². The van der Waals surface area contributed by atoms with Gasteiger partial charge < -0.3 is 20.1 Å². The van der Waals surface area contributed by atoms with Gasteiger partial charge in [-0.2, -0.15) is 0 Å². The van der Waals surface area contributed by atoms with E-state index < -0.39 is 0 Å². The van der Waals surface area contributed by atoms with Crippen LogP contribution in [0.15, 0.2) is 24.3 Å². The van der Waals surface area contributed by atoms with Crippen LogP contribution >= 0.6 is 0 Å². The molecule has 4 nitrogen and oxygen atoms in total. The van der Waals surface area contributed by atoms with E-state index >= 15 is 0 Å². The number of nitrogens with zero attached hydrogens (tertiary/aromatic N) is 1. The summed E-state index contributed by atoms with van der Waals surface area (Å²) in [5, 5.41) is 0. The first-order valence-electron chi connectivity index (χ1n) is 6.54. The van der Waals surface area contributed by atoms with Crippen LogP contribution in [0.5, 0.6) is 5.75 Å². The molecule has 1 aliphatic heterocycles. The number of rotatable bonds is 6. The van der Waals surface area contributed by atoms with E-state index in [-0.39, 0.29) is 0 Å². The second-order valence-corrected chi connectivity index (χ2v) is 4.57. The highest BCUT2D eigenvalue weighted by atomic mass is 16.5. The van der Waals surface area contributed by atoms with Gasteiger partial charge in [-0.25, -0.2) is 0 Å². The van der Waals surface area contributed by atoms with E-state index in [4.69, 9.17) is 15.2 Å². The maximum atomic E-state index is 5.79. The fourth-order valence-corrected chi connectivity index (χ4v) is 2.23. The molecule has 18 heavy (non-hydrogen) atoms. The Morgan fingerprint density at radius 2 is 2.11 bits per heavy atom. The Kier molecular flexibility index (Phi) is 4.84. The number of anilines is 1. The molecule has 2 N–H and O–H groups in total. The number of nitrogens with two attached hydrogens (primary N) is 1. The number of methoxy groups -OCH3 is 1. The van der Waals surface area contributed by atoms with Crippen LogP contribution < -0.4 is 15.4 Å². The van der Waals surface area contributed by atoms with Crippen LogP contribution in [0.1, 0.15) is 12.8 Å². The van der Waals surface area contributed by atoms with Crippen LogP contribution in [-0.4, -0.2) is 39.5 Å². The number of benzene rings is 1. The predicted molar refractivity (Wildman–Crippen MR) is 73.2 cm³/mol. The summed E-state index contributed by atoms with van der Waals surface area (Å²) < 4.78 is 11.0. The maximum Gasteiger partial charge on any atom is 0.119 e. The average molecular weight is 250 g/mol. The third kappa shape index (κ3) is 3.37. The highest BCUT2D eigenvalue weighted by molar-refractivity contribution is 5.50. The minimum absolute atomic E-state index is 0.346. The lowest BCUT2D eigenvalue weighted by molar-refractivity contribution is 0.0676. The Balaban J connectivity index is 1.83. The van der Waals surface area contributed by atoms with E-state index in [1.807, 2.05) is 12.1 Å². The van der Waals surface area contributed by atoms with E-state index in [0.29, 0.717) is 12.6 Å². The fourth-order valence-electron chi connectivity index (χ4n) is 2.23. The van der Waals surface area contributed by atoms with Crippen molar-refractivity contribution >= 4 is 5.69 Å². The van der Waals surface area contributed by atoms with Gasteiger partial charge in [0.2, 0.25) is 0 Å². The third-order valence-corrected chi connectivity index (χ3v) is 3.28. The largest absolute Gasteiger partial charge is 0.497 e. The number of hydrogen-bond acceptors (Lipinski definition) is 4. The molecule has 1 fully saturated rings. The van der Waals surface area contributed by atoms with E-state index in [1.165, 1.54) is 5.69 Å². The summed E-state index contributed by atoms with van der Waals surface area (Å²) in [7, 11) is 1.69. The van der Waals surface area contributed by atoms with Crippen LogP contribution in [0.3, 0.4) is 0 Å². The van der Waals surface area contributed by atoms with Crippen molar-refractivity contribution in [1.29, 1.82) is 0 Å². The average Bonchev–Trinajstić information content (AvgIpc) is 2.88. The lowest BCUT2D eigenvalue weighted by atomic mass is 10.3. The molecule has 1 atom stereocenters. The van der Waals surface area contributed by atoms with Crippen molar-refractivity contribution < 1.29 is 9.47 Å². The van der Waals surface area contributed by atoms with Gasteiger partial charge in [-0.15, -0.1) is 0 Å². The quantitative estimate of drug-likeness (QED) is 0.780. The van der Waals surface area contributed by atoms with Gasteiger partial charge in [0.1, 0.15) is 5.75 Å². The van der Waals surface area contributed by atoms with E-state index in [1.54, 1.807) is 7.11 Å². The van der Waals surface area contributed by atoms with Crippen molar-refractivity contribution in [2.75, 3.05) is 38.3 Å². The Labute approximate surface area is 109 Å². The number of ether oxygens (including phenoxy) is 2. The molecule has 2 rings (SSSR count). The van der Waals surface area contributed by atoms with Crippen molar-refractivity contribution in [3.05, 3.63) is 24.3 Å². The van der Waals surface area contributed by atoms with Crippen molar-refractivity contribution in [1.82, 2.24) is 0 Å². The first kappa shape index (κ1) is 13.2. The lowest BCUT2D eigenvalue weighted by Crippen LogP contribution is -2.23. The summed E-state index contributed by atoms with van der Waals surface area (Å²) in [6.45, 7) is 3.50. The van der Waals surface area contributed by atoms with Crippen molar-refractivity contribution in [3.63, 3.8) is 0 Å². The zero-order valence-corrected chi connectivity index (χ0v) is 11.0. The molecule has 0 saturated carbocycles. The van der Waals surface area contributed by atoms with Gasteiger partial charge in [0.25, 0.3) is 0 Å². The monoisotopic (exact) mass is 250 g/mol. The first-order valence-corrected chi connectivity index (χ1v) is 6.54. The minimum Gasteiger partial charge on any atom is -0.497 e. The highest BCUT2D eigenvalue weighted by Crippen LogP contribution is 2.24. The molecular weight excluding hydrogens is 228 g/mol. The number of hydrogen-bond donors (Lipinski definition) is 1. The van der Waals surface area contributed by atoms with Crippen molar-refractivity contribution in [3.8, 4) is 5.75 Å². The molecule has 0 spiro atoms. The predicted octanol–water partition coefficient (Wildman–Crippen LogP) is 1.64. The second-order valence-electron chi connectivity index (χ2n) is 4.57. The van der Waals surface area contributed by atoms with Crippen molar-refractivity contribution in [2.45, 2.75) is 18.9 Å². The van der Waals surface area contributed by atoms with E-state index in [0.717, 1.165) is 38.3 Å². The van der Waals surface area contributed by atoms with Gasteiger partial charge in [0.05, 0.1) is 13.2 Å². The van der Waals surface area contributed by atoms with Gasteiger partial charge >= 0.3 is 0 Å². The highest BCUT2D eigenvalue weighted by Gasteiger charge is 2.22. The molecule has 0 radical (unpaired) electrons. The minimum atomic E-state index is 0.346. The smallest absolute Gasteiger partial charge is 0.119 e. The topological polar surface area (TPSA) is 47.7 Å². The van der Waals surface area contributed by atoms with E-state index in [9.17, 15) is 0 Å². The van der Waals surface area contributed by atoms with Gasteiger partial charge in [-0.1, -0.05) is 0 Å². The van der Waals surface area contributed by atoms with Crippen LogP contribution in [0.4, 0.5) is 5.69 Å². The fraction of sp³-hybridized carbons (Fsp3) is 0.571. The molecule has 100 valence electrons. The standard InChI is InChI=1S/C14H22N2O2/c1-17-13-5-3-12(4-6-13)16-9-7-14(11-16)18-10-2-8-15/h3-6,14H,2,7-11,15H2,1H3. The molecule has 1 unspecified atom stereocenters. The SMILES string of the molecule is COc1ccc(N2CCC(OCCCN)C2)cc1.